The molecule has 2 heterocycles. The fraction of sp³-hybridized carbons (Fsp3) is 0.304. The summed E-state index contributed by atoms with van der Waals surface area (Å²) in [6.07, 6.45) is 4.16. The molecule has 4 rings (SSSR count). The number of thiophene rings is 2. The molecule has 1 aliphatic rings. The first-order valence-corrected chi connectivity index (χ1v) is 11.8. The number of anilines is 1. The lowest BCUT2D eigenvalue weighted by Gasteiger charge is -2.31. The molecular formula is C23H23FN2O2S2. The summed E-state index contributed by atoms with van der Waals surface area (Å²) < 4.78 is 14.8. The summed E-state index contributed by atoms with van der Waals surface area (Å²) >= 11 is 2.87. The van der Waals surface area contributed by atoms with Gasteiger partial charge in [0.15, 0.2) is 0 Å². The smallest absolute Gasteiger partial charge is 0.248 e. The molecule has 7 heteroatoms. The van der Waals surface area contributed by atoms with E-state index in [9.17, 15) is 14.0 Å². The maximum Gasteiger partial charge on any atom is 0.248 e. The van der Waals surface area contributed by atoms with Gasteiger partial charge >= 0.3 is 0 Å². The van der Waals surface area contributed by atoms with E-state index < -0.39 is 11.9 Å². The fourth-order valence-corrected chi connectivity index (χ4v) is 5.39. The van der Waals surface area contributed by atoms with E-state index in [4.69, 9.17) is 0 Å². The first kappa shape index (κ1) is 20.8. The topological polar surface area (TPSA) is 49.4 Å². The summed E-state index contributed by atoms with van der Waals surface area (Å²) in [6, 6.07) is 12.8. The normalized spacial score (nSPS) is 15.1. The van der Waals surface area contributed by atoms with Crippen molar-refractivity contribution in [3.8, 4) is 0 Å². The maximum absolute atomic E-state index is 14.8. The Balaban J connectivity index is 1.73. The minimum absolute atomic E-state index is 0.106. The van der Waals surface area contributed by atoms with Gasteiger partial charge in [0.1, 0.15) is 11.9 Å². The highest BCUT2D eigenvalue weighted by Gasteiger charge is 2.36. The van der Waals surface area contributed by atoms with Crippen molar-refractivity contribution < 1.29 is 14.0 Å². The van der Waals surface area contributed by atoms with E-state index in [0.29, 0.717) is 4.88 Å². The van der Waals surface area contributed by atoms with Crippen molar-refractivity contribution in [2.45, 2.75) is 44.2 Å². The van der Waals surface area contributed by atoms with Gasteiger partial charge in [-0.2, -0.15) is 0 Å². The highest BCUT2D eigenvalue weighted by Crippen LogP contribution is 2.33. The fourth-order valence-electron chi connectivity index (χ4n) is 3.88. The number of rotatable bonds is 7. The Hall–Kier alpha value is -2.51. The molecule has 1 atom stereocenters. The lowest BCUT2D eigenvalue weighted by Crippen LogP contribution is -2.46. The highest BCUT2D eigenvalue weighted by molar-refractivity contribution is 7.10. The van der Waals surface area contributed by atoms with E-state index in [1.165, 1.54) is 33.6 Å². The molecule has 4 nitrogen and oxygen atoms in total. The Morgan fingerprint density at radius 1 is 1.03 bits per heavy atom. The Kier molecular flexibility index (Phi) is 6.59. The molecule has 1 aromatic carbocycles. The number of hydrogen-bond acceptors (Lipinski definition) is 4. The van der Waals surface area contributed by atoms with E-state index in [-0.39, 0.29) is 30.0 Å². The van der Waals surface area contributed by atoms with Crippen LogP contribution in [0.2, 0.25) is 0 Å². The number of halogens is 1. The molecule has 1 saturated carbocycles. The van der Waals surface area contributed by atoms with Gasteiger partial charge in [0.25, 0.3) is 0 Å². The van der Waals surface area contributed by atoms with Crippen molar-refractivity contribution in [1.82, 2.24) is 5.32 Å². The van der Waals surface area contributed by atoms with Crippen molar-refractivity contribution >= 4 is 40.2 Å². The minimum atomic E-state index is -0.907. The first-order chi connectivity index (χ1) is 14.6. The van der Waals surface area contributed by atoms with Gasteiger partial charge in [-0.05, 0) is 47.9 Å². The number of para-hydroxylation sites is 1. The van der Waals surface area contributed by atoms with Gasteiger partial charge in [0.05, 0.1) is 12.1 Å². The molecule has 1 aliphatic carbocycles. The summed E-state index contributed by atoms with van der Waals surface area (Å²) in [7, 11) is 0. The molecule has 0 unspecified atom stereocenters. The van der Waals surface area contributed by atoms with Crippen LogP contribution in [0.4, 0.5) is 10.1 Å². The predicted molar refractivity (Wildman–Crippen MR) is 119 cm³/mol. The zero-order valence-electron chi connectivity index (χ0n) is 16.4. The molecule has 2 amide bonds. The SMILES string of the molecule is O=C(NC1CCCC1)[C@@H](c1cccs1)N(C(=O)Cc1cccs1)c1ccccc1F. The molecule has 1 N–H and O–H groups in total. The molecule has 0 radical (unpaired) electrons. The number of nitrogens with one attached hydrogen (secondary N) is 1. The number of amides is 2. The quantitative estimate of drug-likeness (QED) is 0.538. The Morgan fingerprint density at radius 2 is 1.77 bits per heavy atom. The van der Waals surface area contributed by atoms with Crippen LogP contribution in [0.15, 0.2) is 59.3 Å². The molecule has 2 aromatic heterocycles. The maximum atomic E-state index is 14.8. The molecule has 0 bridgehead atoms. The van der Waals surface area contributed by atoms with Crippen LogP contribution in [0.1, 0.15) is 41.5 Å². The van der Waals surface area contributed by atoms with Crippen LogP contribution >= 0.6 is 22.7 Å². The van der Waals surface area contributed by atoms with Crippen LogP contribution in [0, 0.1) is 5.82 Å². The van der Waals surface area contributed by atoms with Crippen LogP contribution in [-0.4, -0.2) is 17.9 Å². The van der Waals surface area contributed by atoms with Gasteiger partial charge in [-0.25, -0.2) is 4.39 Å². The summed E-state index contributed by atoms with van der Waals surface area (Å²) in [5.74, 6) is -1.08. The van der Waals surface area contributed by atoms with Gasteiger partial charge < -0.3 is 5.32 Å². The summed E-state index contributed by atoms with van der Waals surface area (Å²) in [5.41, 5.74) is 0.124. The van der Waals surface area contributed by atoms with Crippen LogP contribution in [0.3, 0.4) is 0 Å². The highest BCUT2D eigenvalue weighted by atomic mass is 32.1. The third-order valence-corrected chi connectivity index (χ3v) is 7.11. The van der Waals surface area contributed by atoms with E-state index in [0.717, 1.165) is 30.6 Å². The van der Waals surface area contributed by atoms with Crippen molar-refractivity contribution in [1.29, 1.82) is 0 Å². The summed E-state index contributed by atoms with van der Waals surface area (Å²) in [5, 5.41) is 6.88. The molecule has 30 heavy (non-hydrogen) atoms. The third-order valence-electron chi connectivity index (χ3n) is 5.31. The average molecular weight is 443 g/mol. The molecular weight excluding hydrogens is 419 g/mol. The number of benzene rings is 1. The summed E-state index contributed by atoms with van der Waals surface area (Å²) in [6.45, 7) is 0. The van der Waals surface area contributed by atoms with Crippen molar-refractivity contribution in [2.24, 2.45) is 0 Å². The van der Waals surface area contributed by atoms with Gasteiger partial charge in [0, 0.05) is 15.8 Å². The molecule has 0 spiro atoms. The van der Waals surface area contributed by atoms with Gasteiger partial charge in [-0.3, -0.25) is 14.5 Å². The van der Waals surface area contributed by atoms with Crippen molar-refractivity contribution in [2.75, 3.05) is 4.90 Å². The van der Waals surface area contributed by atoms with Crippen molar-refractivity contribution in [3.05, 3.63) is 74.9 Å². The van der Waals surface area contributed by atoms with Gasteiger partial charge in [-0.15, -0.1) is 22.7 Å². The molecule has 156 valence electrons. The molecule has 3 aromatic rings. The zero-order chi connectivity index (χ0) is 20.9. The predicted octanol–water partition coefficient (Wildman–Crippen LogP) is 5.32. The largest absolute Gasteiger partial charge is 0.351 e. The second-order valence-electron chi connectivity index (χ2n) is 7.38. The van der Waals surface area contributed by atoms with E-state index >= 15 is 0 Å². The third kappa shape index (κ3) is 4.63. The standard InChI is InChI=1S/C23H23FN2O2S2/c24-18-10-3-4-11-19(18)26(21(27)15-17-9-5-13-29-17)22(20-12-6-14-30-20)23(28)25-16-7-1-2-8-16/h3-6,9-14,16,22H,1-2,7-8,15H2,(H,25,28)/t22-/m1/s1. The monoisotopic (exact) mass is 442 g/mol. The molecule has 0 aliphatic heterocycles. The number of carbonyl (C=O) groups is 2. The number of hydrogen-bond donors (Lipinski definition) is 1. The Labute approximate surface area is 183 Å². The van der Waals surface area contributed by atoms with E-state index in [1.54, 1.807) is 18.2 Å². The molecule has 0 saturated heterocycles. The zero-order valence-corrected chi connectivity index (χ0v) is 18.1. The van der Waals surface area contributed by atoms with Crippen LogP contribution in [0.5, 0.6) is 0 Å². The first-order valence-electron chi connectivity index (χ1n) is 10.1. The lowest BCUT2D eigenvalue weighted by atomic mass is 10.1. The van der Waals surface area contributed by atoms with Gasteiger partial charge in [0.2, 0.25) is 11.8 Å². The minimum Gasteiger partial charge on any atom is -0.351 e. The number of nitrogens with zero attached hydrogens (tertiary/aromatic N) is 1. The number of carbonyl (C=O) groups excluding carboxylic acids is 2. The Bertz CT molecular complexity index is 983. The van der Waals surface area contributed by atoms with Crippen LogP contribution in [-0.2, 0) is 16.0 Å². The van der Waals surface area contributed by atoms with E-state index in [1.807, 2.05) is 35.0 Å². The second-order valence-corrected chi connectivity index (χ2v) is 9.39. The van der Waals surface area contributed by atoms with Crippen molar-refractivity contribution in [3.63, 3.8) is 0 Å². The average Bonchev–Trinajstić information content (AvgIpc) is 3.50. The lowest BCUT2D eigenvalue weighted by molar-refractivity contribution is -0.126. The second kappa shape index (κ2) is 9.53. The van der Waals surface area contributed by atoms with Crippen LogP contribution < -0.4 is 10.2 Å². The van der Waals surface area contributed by atoms with Gasteiger partial charge in [-0.1, -0.05) is 37.1 Å². The van der Waals surface area contributed by atoms with E-state index in [2.05, 4.69) is 5.32 Å². The molecule has 1 fully saturated rings. The Morgan fingerprint density at radius 3 is 2.43 bits per heavy atom. The summed E-state index contributed by atoms with van der Waals surface area (Å²) in [4.78, 5) is 29.8. The van der Waals surface area contributed by atoms with Crippen LogP contribution in [0.25, 0.3) is 0 Å².